The van der Waals surface area contributed by atoms with Gasteiger partial charge >= 0.3 is 11.7 Å². The van der Waals surface area contributed by atoms with Crippen molar-refractivity contribution < 1.29 is 18.7 Å². The van der Waals surface area contributed by atoms with E-state index in [-0.39, 0.29) is 24.1 Å². The summed E-state index contributed by atoms with van der Waals surface area (Å²) in [6, 6.07) is 5.29. The molecule has 3 N–H and O–H groups in total. The van der Waals surface area contributed by atoms with Gasteiger partial charge in [-0.2, -0.15) is 0 Å². The van der Waals surface area contributed by atoms with Gasteiger partial charge in [-0.15, -0.1) is 0 Å². The van der Waals surface area contributed by atoms with Crippen molar-refractivity contribution in [1.29, 1.82) is 0 Å². The standard InChI is InChI=1S/C16H16FN3O5/c1-9-12(15(23)20-16(24)18-9)5-6-14(22)25-8-13(21)19-11-4-2-3-10(17)7-11/h2-4,7H,5-6,8H2,1H3,(H,19,21)(H2,18,20,23,24). The molecule has 0 aliphatic heterocycles. The number of ether oxygens (including phenoxy) is 1. The molecule has 0 atom stereocenters. The number of carbonyl (C=O) groups is 2. The second kappa shape index (κ2) is 8.04. The van der Waals surface area contributed by atoms with Gasteiger partial charge in [0.25, 0.3) is 11.5 Å². The Kier molecular flexibility index (Phi) is 5.83. The Balaban J connectivity index is 1.82. The van der Waals surface area contributed by atoms with Crippen LogP contribution in [-0.4, -0.2) is 28.5 Å². The number of hydrogen-bond donors (Lipinski definition) is 3. The van der Waals surface area contributed by atoms with Crippen molar-refractivity contribution in [2.75, 3.05) is 11.9 Å². The fourth-order valence-electron chi connectivity index (χ4n) is 2.14. The van der Waals surface area contributed by atoms with Gasteiger partial charge in [0.1, 0.15) is 5.82 Å². The fraction of sp³-hybridized carbons (Fsp3) is 0.250. The molecular weight excluding hydrogens is 333 g/mol. The molecule has 0 bridgehead atoms. The van der Waals surface area contributed by atoms with Crippen LogP contribution in [0.1, 0.15) is 17.7 Å². The highest BCUT2D eigenvalue weighted by Gasteiger charge is 2.12. The minimum Gasteiger partial charge on any atom is -0.456 e. The van der Waals surface area contributed by atoms with Crippen molar-refractivity contribution >= 4 is 17.6 Å². The third-order valence-corrected chi connectivity index (χ3v) is 3.31. The van der Waals surface area contributed by atoms with Crippen LogP contribution in [0.4, 0.5) is 10.1 Å². The van der Waals surface area contributed by atoms with Crippen LogP contribution in [0.15, 0.2) is 33.9 Å². The van der Waals surface area contributed by atoms with Crippen LogP contribution in [0, 0.1) is 12.7 Å². The SMILES string of the molecule is Cc1[nH]c(=O)[nH]c(=O)c1CCC(=O)OCC(=O)Nc1cccc(F)c1. The van der Waals surface area contributed by atoms with E-state index >= 15 is 0 Å². The molecule has 1 aromatic heterocycles. The number of aryl methyl sites for hydroxylation is 1. The first-order valence-corrected chi connectivity index (χ1v) is 7.38. The Morgan fingerprint density at radius 2 is 2.00 bits per heavy atom. The molecule has 0 aliphatic carbocycles. The normalized spacial score (nSPS) is 10.3. The number of anilines is 1. The smallest absolute Gasteiger partial charge is 0.325 e. The molecule has 2 aromatic rings. The highest BCUT2D eigenvalue weighted by atomic mass is 19.1. The molecule has 0 spiro atoms. The van der Waals surface area contributed by atoms with Gasteiger partial charge in [0.15, 0.2) is 6.61 Å². The van der Waals surface area contributed by atoms with E-state index in [1.165, 1.54) is 18.2 Å². The van der Waals surface area contributed by atoms with Crippen molar-refractivity contribution in [3.8, 4) is 0 Å². The van der Waals surface area contributed by atoms with Crippen LogP contribution in [-0.2, 0) is 20.7 Å². The number of halogens is 1. The molecule has 0 fully saturated rings. The van der Waals surface area contributed by atoms with E-state index in [1.807, 2.05) is 0 Å². The van der Waals surface area contributed by atoms with Gasteiger partial charge in [-0.3, -0.25) is 19.4 Å². The van der Waals surface area contributed by atoms with E-state index in [0.29, 0.717) is 5.69 Å². The molecule has 1 heterocycles. The summed E-state index contributed by atoms with van der Waals surface area (Å²) in [5, 5.41) is 2.39. The van der Waals surface area contributed by atoms with Crippen LogP contribution in [0.2, 0.25) is 0 Å². The minimum absolute atomic E-state index is 0.0578. The molecule has 0 radical (unpaired) electrons. The maximum absolute atomic E-state index is 13.0. The maximum atomic E-state index is 13.0. The minimum atomic E-state index is -0.681. The highest BCUT2D eigenvalue weighted by Crippen LogP contribution is 2.09. The number of aromatic nitrogens is 2. The Hall–Kier alpha value is -3.23. The molecule has 0 saturated carbocycles. The largest absolute Gasteiger partial charge is 0.456 e. The summed E-state index contributed by atoms with van der Waals surface area (Å²) in [6.07, 6.45) is -0.0779. The van der Waals surface area contributed by atoms with Crippen LogP contribution in [0.3, 0.4) is 0 Å². The van der Waals surface area contributed by atoms with E-state index in [9.17, 15) is 23.6 Å². The summed E-state index contributed by atoms with van der Waals surface area (Å²) < 4.78 is 17.8. The first-order valence-electron chi connectivity index (χ1n) is 7.38. The van der Waals surface area contributed by atoms with Gasteiger partial charge in [-0.1, -0.05) is 6.07 Å². The maximum Gasteiger partial charge on any atom is 0.325 e. The first-order chi connectivity index (χ1) is 11.8. The molecule has 1 aromatic carbocycles. The van der Waals surface area contributed by atoms with E-state index in [2.05, 4.69) is 15.3 Å². The van der Waals surface area contributed by atoms with E-state index in [4.69, 9.17) is 4.74 Å². The summed E-state index contributed by atoms with van der Waals surface area (Å²) in [6.45, 7) is 1.01. The van der Waals surface area contributed by atoms with Gasteiger partial charge < -0.3 is 15.0 Å². The number of nitrogens with one attached hydrogen (secondary N) is 3. The fourth-order valence-corrected chi connectivity index (χ4v) is 2.14. The lowest BCUT2D eigenvalue weighted by atomic mass is 10.1. The van der Waals surface area contributed by atoms with Crippen LogP contribution in [0.25, 0.3) is 0 Å². The number of hydrogen-bond acceptors (Lipinski definition) is 5. The van der Waals surface area contributed by atoms with E-state index < -0.39 is 35.5 Å². The summed E-state index contributed by atoms with van der Waals surface area (Å²) in [4.78, 5) is 50.5. The Morgan fingerprint density at radius 1 is 1.24 bits per heavy atom. The molecule has 8 nitrogen and oxygen atoms in total. The summed E-state index contributed by atoms with van der Waals surface area (Å²) in [7, 11) is 0. The van der Waals surface area contributed by atoms with E-state index in [0.717, 1.165) is 6.07 Å². The average Bonchev–Trinajstić information content (AvgIpc) is 2.52. The van der Waals surface area contributed by atoms with Crippen molar-refractivity contribution in [3.63, 3.8) is 0 Å². The van der Waals surface area contributed by atoms with Crippen LogP contribution >= 0.6 is 0 Å². The molecule has 9 heteroatoms. The molecular formula is C16H16FN3O5. The van der Waals surface area contributed by atoms with Crippen molar-refractivity contribution in [1.82, 2.24) is 9.97 Å². The van der Waals surface area contributed by atoms with Crippen molar-refractivity contribution in [2.24, 2.45) is 0 Å². The molecule has 0 aliphatic rings. The topological polar surface area (TPSA) is 121 Å². The zero-order chi connectivity index (χ0) is 18.4. The number of H-pyrrole nitrogens is 2. The molecule has 0 saturated heterocycles. The van der Waals surface area contributed by atoms with Crippen molar-refractivity contribution in [2.45, 2.75) is 19.8 Å². The number of carbonyl (C=O) groups excluding carboxylic acids is 2. The third-order valence-electron chi connectivity index (χ3n) is 3.31. The number of aromatic amines is 2. The van der Waals surface area contributed by atoms with Gasteiger partial charge in [0.05, 0.1) is 0 Å². The first kappa shape index (κ1) is 18.1. The van der Waals surface area contributed by atoms with E-state index in [1.54, 1.807) is 6.92 Å². The lowest BCUT2D eigenvalue weighted by molar-refractivity contribution is -0.147. The monoisotopic (exact) mass is 349 g/mol. The summed E-state index contributed by atoms with van der Waals surface area (Å²) >= 11 is 0. The Bertz CT molecular complexity index is 903. The second-order valence-electron chi connectivity index (χ2n) is 5.23. The number of benzene rings is 1. The molecule has 25 heavy (non-hydrogen) atoms. The summed E-state index contributed by atoms with van der Waals surface area (Å²) in [5.41, 5.74) is -0.316. The number of amides is 1. The summed E-state index contributed by atoms with van der Waals surface area (Å²) in [5.74, 6) is -1.80. The third kappa shape index (κ3) is 5.41. The van der Waals surface area contributed by atoms with Gasteiger partial charge in [0.2, 0.25) is 0 Å². The molecule has 132 valence electrons. The highest BCUT2D eigenvalue weighted by molar-refractivity contribution is 5.92. The zero-order valence-corrected chi connectivity index (χ0v) is 13.3. The predicted octanol–water partition coefficient (Wildman–Crippen LogP) is 0.625. The Morgan fingerprint density at radius 3 is 2.68 bits per heavy atom. The second-order valence-corrected chi connectivity index (χ2v) is 5.23. The zero-order valence-electron chi connectivity index (χ0n) is 13.3. The lowest BCUT2D eigenvalue weighted by Crippen LogP contribution is -2.27. The van der Waals surface area contributed by atoms with Crippen molar-refractivity contribution in [3.05, 3.63) is 62.2 Å². The lowest BCUT2D eigenvalue weighted by Gasteiger charge is -2.07. The molecule has 1 amide bonds. The number of esters is 1. The van der Waals surface area contributed by atoms with Gasteiger partial charge in [0, 0.05) is 23.4 Å². The molecule has 2 rings (SSSR count). The Labute approximate surface area is 141 Å². The quantitative estimate of drug-likeness (QED) is 0.660. The average molecular weight is 349 g/mol. The number of rotatable bonds is 6. The van der Waals surface area contributed by atoms with Crippen LogP contribution in [0.5, 0.6) is 0 Å². The van der Waals surface area contributed by atoms with Crippen LogP contribution < -0.4 is 16.6 Å². The van der Waals surface area contributed by atoms with Gasteiger partial charge in [-0.05, 0) is 31.5 Å². The molecule has 0 unspecified atom stereocenters. The predicted molar refractivity (Wildman–Crippen MR) is 86.7 cm³/mol. The van der Waals surface area contributed by atoms with Gasteiger partial charge in [-0.25, -0.2) is 9.18 Å².